The van der Waals surface area contributed by atoms with E-state index in [2.05, 4.69) is 5.32 Å². The van der Waals surface area contributed by atoms with Gasteiger partial charge in [-0.25, -0.2) is 8.78 Å². The van der Waals surface area contributed by atoms with Crippen LogP contribution in [0.25, 0.3) is 0 Å². The molecule has 0 spiro atoms. The summed E-state index contributed by atoms with van der Waals surface area (Å²) in [5.74, 6) is -2.10. The minimum absolute atomic E-state index is 0.0134. The van der Waals surface area contributed by atoms with Crippen molar-refractivity contribution < 1.29 is 18.4 Å². The number of aryl methyl sites for hydroxylation is 1. The van der Waals surface area contributed by atoms with Crippen molar-refractivity contribution in [3.8, 4) is 0 Å². The maximum atomic E-state index is 13.6. The topological polar surface area (TPSA) is 71.4 Å². The predicted octanol–water partition coefficient (Wildman–Crippen LogP) is 2.63. The zero-order chi connectivity index (χ0) is 18.7. The van der Waals surface area contributed by atoms with Gasteiger partial charge >= 0.3 is 0 Å². The number of rotatable bonds is 5. The summed E-state index contributed by atoms with van der Waals surface area (Å²) in [6.45, 7) is -1.18. The van der Waals surface area contributed by atoms with Gasteiger partial charge in [0, 0.05) is 26.4 Å². The SMILES string of the molecule is CN(C)C(=O)c1cc(C(=O)Nc2cc(F)c(=O)n(CCF)c2)sc1Cl. The van der Waals surface area contributed by atoms with E-state index in [4.69, 9.17) is 11.6 Å². The van der Waals surface area contributed by atoms with Crippen LogP contribution in [0.3, 0.4) is 0 Å². The lowest BCUT2D eigenvalue weighted by atomic mass is 10.2. The highest BCUT2D eigenvalue weighted by Crippen LogP contribution is 2.29. The zero-order valence-electron chi connectivity index (χ0n) is 13.3. The molecule has 2 amide bonds. The van der Waals surface area contributed by atoms with Crippen molar-refractivity contribution in [2.75, 3.05) is 26.1 Å². The minimum atomic E-state index is -1.11. The first-order valence-corrected chi connectivity index (χ1v) is 8.22. The van der Waals surface area contributed by atoms with Gasteiger partial charge in [0.15, 0.2) is 5.82 Å². The number of carbonyl (C=O) groups is 2. The molecule has 0 saturated carbocycles. The van der Waals surface area contributed by atoms with E-state index in [0.29, 0.717) is 0 Å². The van der Waals surface area contributed by atoms with E-state index in [1.165, 1.54) is 11.0 Å². The Morgan fingerprint density at radius 2 is 2.04 bits per heavy atom. The van der Waals surface area contributed by atoms with Crippen LogP contribution in [0.2, 0.25) is 4.34 Å². The molecule has 0 aliphatic heterocycles. The normalized spacial score (nSPS) is 10.6. The lowest BCUT2D eigenvalue weighted by Crippen LogP contribution is -2.24. The fourth-order valence-electron chi connectivity index (χ4n) is 1.98. The van der Waals surface area contributed by atoms with Crippen molar-refractivity contribution >= 4 is 40.4 Å². The molecular formula is C15H14ClF2N3O3S. The second-order valence-electron chi connectivity index (χ2n) is 5.22. The number of anilines is 1. The highest BCUT2D eigenvalue weighted by molar-refractivity contribution is 7.18. The van der Waals surface area contributed by atoms with E-state index in [0.717, 1.165) is 28.2 Å². The number of nitrogens with one attached hydrogen (secondary N) is 1. The van der Waals surface area contributed by atoms with Crippen molar-refractivity contribution in [3.63, 3.8) is 0 Å². The summed E-state index contributed by atoms with van der Waals surface area (Å²) in [6, 6.07) is 2.18. The van der Waals surface area contributed by atoms with Crippen molar-refractivity contribution in [2.24, 2.45) is 0 Å². The van der Waals surface area contributed by atoms with Gasteiger partial charge in [-0.1, -0.05) is 11.6 Å². The van der Waals surface area contributed by atoms with E-state index in [1.54, 1.807) is 14.1 Å². The summed E-state index contributed by atoms with van der Waals surface area (Å²) in [6.07, 6.45) is 1.14. The smallest absolute Gasteiger partial charge is 0.286 e. The predicted molar refractivity (Wildman–Crippen MR) is 91.9 cm³/mol. The summed E-state index contributed by atoms with van der Waals surface area (Å²) in [7, 11) is 3.10. The molecule has 0 aliphatic carbocycles. The van der Waals surface area contributed by atoms with Gasteiger partial charge in [-0.3, -0.25) is 14.4 Å². The van der Waals surface area contributed by atoms with Gasteiger partial charge in [0.2, 0.25) is 0 Å². The number of pyridine rings is 1. The maximum absolute atomic E-state index is 13.6. The third kappa shape index (κ3) is 4.23. The Kier molecular flexibility index (Phi) is 5.91. The number of amides is 2. The molecule has 6 nitrogen and oxygen atoms in total. The van der Waals surface area contributed by atoms with Gasteiger partial charge in [-0.15, -0.1) is 11.3 Å². The molecule has 0 unspecified atom stereocenters. The highest BCUT2D eigenvalue weighted by Gasteiger charge is 2.20. The highest BCUT2D eigenvalue weighted by atomic mass is 35.5. The number of nitrogens with zero attached hydrogens (tertiary/aromatic N) is 2. The molecule has 2 aromatic rings. The Balaban J connectivity index is 2.27. The second-order valence-corrected chi connectivity index (χ2v) is 6.87. The fourth-order valence-corrected chi connectivity index (χ4v) is 3.14. The molecule has 2 rings (SSSR count). The van der Waals surface area contributed by atoms with Crippen LogP contribution in [-0.2, 0) is 6.54 Å². The average Bonchev–Trinajstić information content (AvgIpc) is 2.93. The Morgan fingerprint density at radius 1 is 1.36 bits per heavy atom. The molecule has 0 saturated heterocycles. The van der Waals surface area contributed by atoms with E-state index in [9.17, 15) is 23.2 Å². The molecule has 0 aromatic carbocycles. The molecule has 0 fully saturated rings. The lowest BCUT2D eigenvalue weighted by Gasteiger charge is -2.08. The molecule has 0 radical (unpaired) electrons. The first kappa shape index (κ1) is 19.1. The summed E-state index contributed by atoms with van der Waals surface area (Å²) >= 11 is 6.88. The Morgan fingerprint density at radius 3 is 2.64 bits per heavy atom. The van der Waals surface area contributed by atoms with Crippen LogP contribution in [0.5, 0.6) is 0 Å². The van der Waals surface area contributed by atoms with Gasteiger partial charge in [-0.2, -0.15) is 0 Å². The fraction of sp³-hybridized carbons (Fsp3) is 0.267. The number of hydrogen-bond donors (Lipinski definition) is 1. The van der Waals surface area contributed by atoms with Crippen molar-refractivity contribution in [3.05, 3.63) is 49.3 Å². The van der Waals surface area contributed by atoms with E-state index in [-0.39, 0.29) is 32.9 Å². The number of halogens is 3. The van der Waals surface area contributed by atoms with E-state index >= 15 is 0 Å². The number of carbonyl (C=O) groups excluding carboxylic acids is 2. The van der Waals surface area contributed by atoms with Gasteiger partial charge < -0.3 is 14.8 Å². The molecule has 0 aliphatic rings. The van der Waals surface area contributed by atoms with Crippen LogP contribution < -0.4 is 10.9 Å². The van der Waals surface area contributed by atoms with Crippen molar-refractivity contribution in [2.45, 2.75) is 6.54 Å². The minimum Gasteiger partial charge on any atom is -0.345 e. The summed E-state index contributed by atoms with van der Waals surface area (Å²) in [4.78, 5) is 37.2. The van der Waals surface area contributed by atoms with Gasteiger partial charge in [0.1, 0.15) is 11.0 Å². The van der Waals surface area contributed by atoms with E-state index < -0.39 is 24.0 Å². The molecule has 10 heteroatoms. The van der Waals surface area contributed by atoms with Gasteiger partial charge in [0.05, 0.1) is 22.7 Å². The third-order valence-corrected chi connectivity index (χ3v) is 4.53. The molecule has 25 heavy (non-hydrogen) atoms. The molecule has 1 N–H and O–H groups in total. The van der Waals surface area contributed by atoms with Crippen molar-refractivity contribution in [1.82, 2.24) is 9.47 Å². The maximum Gasteiger partial charge on any atom is 0.286 e. The van der Waals surface area contributed by atoms with Gasteiger partial charge in [-0.05, 0) is 6.07 Å². The molecule has 0 atom stereocenters. The first-order chi connectivity index (χ1) is 11.7. The molecule has 0 bridgehead atoms. The summed E-state index contributed by atoms with van der Waals surface area (Å²) in [5, 5.41) is 2.40. The van der Waals surface area contributed by atoms with Crippen molar-refractivity contribution in [1.29, 1.82) is 0 Å². The summed E-state index contributed by atoms with van der Waals surface area (Å²) in [5.41, 5.74) is -0.815. The molecular weight excluding hydrogens is 376 g/mol. The van der Waals surface area contributed by atoms with Crippen LogP contribution in [0.15, 0.2) is 23.1 Å². The zero-order valence-corrected chi connectivity index (χ0v) is 14.9. The van der Waals surface area contributed by atoms with Crippen LogP contribution in [0.4, 0.5) is 14.5 Å². The standard InChI is InChI=1S/C15H14ClF2N3O3S/c1-20(2)14(23)9-6-11(25-12(9)16)13(22)19-8-5-10(18)15(24)21(7-8)4-3-17/h5-7H,3-4H2,1-2H3,(H,19,22). The number of hydrogen-bond acceptors (Lipinski definition) is 4. The lowest BCUT2D eigenvalue weighted by molar-refractivity contribution is 0.0828. The average molecular weight is 390 g/mol. The number of thiophene rings is 1. The molecule has 2 heterocycles. The third-order valence-electron chi connectivity index (χ3n) is 3.17. The van der Waals surface area contributed by atoms with Crippen LogP contribution in [0.1, 0.15) is 20.0 Å². The van der Waals surface area contributed by atoms with Crippen LogP contribution >= 0.6 is 22.9 Å². The van der Waals surface area contributed by atoms with Crippen LogP contribution in [-0.4, -0.2) is 42.1 Å². The Bertz CT molecular complexity index is 879. The Hall–Kier alpha value is -2.26. The Labute approximate surface area is 150 Å². The number of aromatic nitrogens is 1. The quantitative estimate of drug-likeness (QED) is 0.854. The number of alkyl halides is 1. The summed E-state index contributed by atoms with van der Waals surface area (Å²) < 4.78 is 27.0. The second kappa shape index (κ2) is 7.75. The largest absolute Gasteiger partial charge is 0.345 e. The monoisotopic (exact) mass is 389 g/mol. The molecule has 2 aromatic heterocycles. The van der Waals surface area contributed by atoms with E-state index in [1.807, 2.05) is 0 Å². The first-order valence-electron chi connectivity index (χ1n) is 7.03. The van der Waals surface area contributed by atoms with Crippen LogP contribution in [0, 0.1) is 5.82 Å². The van der Waals surface area contributed by atoms with Gasteiger partial charge in [0.25, 0.3) is 17.4 Å². The molecule has 134 valence electrons.